The number of pyridine rings is 2. The van der Waals surface area contributed by atoms with Gasteiger partial charge in [-0.3, -0.25) is 0 Å². The number of benzene rings is 4. The van der Waals surface area contributed by atoms with E-state index in [2.05, 4.69) is 95.9 Å². The molecule has 2 heteroatoms. The summed E-state index contributed by atoms with van der Waals surface area (Å²) < 4.78 is 4.94. The molecule has 0 spiro atoms. The van der Waals surface area contributed by atoms with Crippen LogP contribution in [0.3, 0.4) is 0 Å². The van der Waals surface area contributed by atoms with E-state index in [4.69, 9.17) is 0 Å². The van der Waals surface area contributed by atoms with Crippen LogP contribution >= 0.6 is 0 Å². The Morgan fingerprint density at radius 1 is 0.765 bits per heavy atom. The first-order valence-electron chi connectivity index (χ1n) is 12.6. The molecule has 1 aliphatic carbocycles. The van der Waals surface area contributed by atoms with Gasteiger partial charge in [-0.25, -0.2) is 4.57 Å². The van der Waals surface area contributed by atoms with Crippen molar-refractivity contribution < 1.29 is 4.57 Å². The molecule has 7 aromatic rings. The third-order valence-corrected chi connectivity index (χ3v) is 8.63. The number of aryl methyl sites for hydroxylation is 2. The average molecular weight is 440 g/mol. The molecular formula is C32H27N2+. The van der Waals surface area contributed by atoms with Crippen molar-refractivity contribution in [3.8, 4) is 0 Å². The highest BCUT2D eigenvalue weighted by Gasteiger charge is 2.29. The first-order valence-corrected chi connectivity index (χ1v) is 12.6. The Balaban J connectivity index is 1.77. The summed E-state index contributed by atoms with van der Waals surface area (Å²) in [5, 5.41) is 9.70. The molecule has 0 unspecified atom stereocenters. The largest absolute Gasteiger partial charge is 0.307 e. The van der Waals surface area contributed by atoms with Crippen LogP contribution in [0.1, 0.15) is 42.7 Å². The molecule has 3 aromatic heterocycles. The van der Waals surface area contributed by atoms with E-state index in [9.17, 15) is 0 Å². The van der Waals surface area contributed by atoms with E-state index in [1.807, 2.05) is 0 Å². The first kappa shape index (κ1) is 18.7. The number of hydrogen-bond donors (Lipinski definition) is 0. The summed E-state index contributed by atoms with van der Waals surface area (Å²) in [6.07, 6.45) is 7.60. The topological polar surface area (TPSA) is 8.29 Å². The number of hydrogen-bond acceptors (Lipinski definition) is 0. The van der Waals surface area contributed by atoms with Gasteiger partial charge in [0.2, 0.25) is 5.52 Å². The van der Waals surface area contributed by atoms with E-state index >= 15 is 0 Å². The minimum absolute atomic E-state index is 0.667. The van der Waals surface area contributed by atoms with Gasteiger partial charge in [-0.1, -0.05) is 55.3 Å². The summed E-state index contributed by atoms with van der Waals surface area (Å²) in [4.78, 5) is 0. The first-order chi connectivity index (χ1) is 16.7. The van der Waals surface area contributed by atoms with Gasteiger partial charge in [-0.05, 0) is 71.2 Å². The van der Waals surface area contributed by atoms with Crippen LogP contribution in [-0.2, 0) is 7.05 Å². The lowest BCUT2D eigenvalue weighted by Gasteiger charge is -2.17. The molecule has 8 rings (SSSR count). The van der Waals surface area contributed by atoms with Gasteiger partial charge >= 0.3 is 0 Å². The van der Waals surface area contributed by atoms with Gasteiger partial charge in [0, 0.05) is 16.8 Å². The van der Waals surface area contributed by atoms with E-state index in [1.54, 1.807) is 5.56 Å². The van der Waals surface area contributed by atoms with Gasteiger partial charge in [0.1, 0.15) is 7.05 Å². The van der Waals surface area contributed by atoms with Gasteiger partial charge in [0.25, 0.3) is 0 Å². The fourth-order valence-corrected chi connectivity index (χ4v) is 7.14. The summed E-state index contributed by atoms with van der Waals surface area (Å²) in [6.45, 7) is 2.31. The lowest BCUT2D eigenvalue weighted by Crippen LogP contribution is -2.29. The highest BCUT2D eigenvalue weighted by Crippen LogP contribution is 2.47. The van der Waals surface area contributed by atoms with Crippen molar-refractivity contribution in [2.75, 3.05) is 0 Å². The van der Waals surface area contributed by atoms with Crippen LogP contribution in [0.2, 0.25) is 0 Å². The summed E-state index contributed by atoms with van der Waals surface area (Å²) >= 11 is 0. The van der Waals surface area contributed by atoms with Crippen LogP contribution in [0.15, 0.2) is 72.9 Å². The normalized spacial score (nSPS) is 15.4. The smallest absolute Gasteiger partial charge is 0.224 e. The van der Waals surface area contributed by atoms with Crippen molar-refractivity contribution >= 4 is 59.8 Å². The summed E-state index contributed by atoms with van der Waals surface area (Å²) in [6, 6.07) is 25.2. The van der Waals surface area contributed by atoms with E-state index in [0.29, 0.717) is 5.92 Å². The molecule has 0 N–H and O–H groups in total. The summed E-state index contributed by atoms with van der Waals surface area (Å²) in [7, 11) is 2.21. The van der Waals surface area contributed by atoms with Crippen molar-refractivity contribution in [3.05, 3.63) is 84.1 Å². The van der Waals surface area contributed by atoms with E-state index in [0.717, 1.165) is 0 Å². The fraction of sp³-hybridized carbons (Fsp3) is 0.219. The third-order valence-electron chi connectivity index (χ3n) is 8.63. The highest BCUT2D eigenvalue weighted by atomic mass is 15.0. The number of fused-ring (bicyclic) bond motifs is 7. The SMILES string of the molecule is Cc1c2ccccc2cc2c1c1c3c(cc[n+]1C)cc(C1CCCC1)c1c4ccccc4n2c13. The van der Waals surface area contributed by atoms with Crippen LogP contribution in [-0.4, -0.2) is 4.40 Å². The zero-order chi connectivity index (χ0) is 22.6. The average Bonchev–Trinajstić information content (AvgIpc) is 3.52. The Morgan fingerprint density at radius 3 is 2.38 bits per heavy atom. The van der Waals surface area contributed by atoms with Crippen LogP contribution in [0, 0.1) is 6.92 Å². The monoisotopic (exact) mass is 439 g/mol. The second-order valence-corrected chi connectivity index (χ2v) is 10.4. The molecule has 0 aliphatic heterocycles. The second-order valence-electron chi connectivity index (χ2n) is 10.4. The number of aromatic nitrogens is 2. The molecule has 3 heterocycles. The second kappa shape index (κ2) is 6.48. The van der Waals surface area contributed by atoms with Gasteiger partial charge in [0.15, 0.2) is 6.20 Å². The molecule has 0 amide bonds. The van der Waals surface area contributed by atoms with Crippen LogP contribution in [0.4, 0.5) is 0 Å². The third kappa shape index (κ3) is 2.19. The van der Waals surface area contributed by atoms with Crippen molar-refractivity contribution in [1.82, 2.24) is 4.40 Å². The maximum absolute atomic E-state index is 2.59. The molecule has 2 nitrogen and oxygen atoms in total. The van der Waals surface area contributed by atoms with Crippen molar-refractivity contribution in [3.63, 3.8) is 0 Å². The quantitative estimate of drug-likeness (QED) is 0.139. The van der Waals surface area contributed by atoms with Crippen LogP contribution < -0.4 is 4.57 Å². The molecule has 4 aromatic carbocycles. The van der Waals surface area contributed by atoms with Crippen molar-refractivity contribution in [1.29, 1.82) is 0 Å². The number of nitrogens with zero attached hydrogens (tertiary/aromatic N) is 2. The lowest BCUT2D eigenvalue weighted by atomic mass is 9.89. The molecule has 34 heavy (non-hydrogen) atoms. The zero-order valence-corrected chi connectivity index (χ0v) is 19.7. The standard InChI is InChI=1S/C32H27N2/c1-19-23-12-6-5-11-21(23)18-27-28(19)31-29-22(15-16-33(31)2)17-25(20-9-3-4-10-20)30-24-13-7-8-14-26(24)34(27)32(29)30/h5-8,11-18,20H,3-4,9-10H2,1-2H3/q+1. The minimum Gasteiger partial charge on any atom is -0.307 e. The molecule has 164 valence electrons. The van der Waals surface area contributed by atoms with Crippen molar-refractivity contribution in [2.24, 2.45) is 7.05 Å². The summed E-state index contributed by atoms with van der Waals surface area (Å²) in [5.74, 6) is 0.667. The summed E-state index contributed by atoms with van der Waals surface area (Å²) in [5.41, 5.74) is 8.35. The maximum atomic E-state index is 2.59. The van der Waals surface area contributed by atoms with Crippen LogP contribution in [0.25, 0.3) is 59.8 Å². The van der Waals surface area contributed by atoms with Crippen LogP contribution in [0.5, 0.6) is 0 Å². The Hall–Kier alpha value is -3.65. The Labute approximate surface area is 198 Å². The number of rotatable bonds is 1. The molecule has 1 aliphatic rings. The predicted molar refractivity (Wildman–Crippen MR) is 143 cm³/mol. The molecule has 0 atom stereocenters. The maximum Gasteiger partial charge on any atom is 0.224 e. The molecule has 1 fully saturated rings. The Bertz CT molecular complexity index is 1930. The fourth-order valence-electron chi connectivity index (χ4n) is 7.14. The van der Waals surface area contributed by atoms with E-state index in [-0.39, 0.29) is 0 Å². The molecule has 0 radical (unpaired) electrons. The van der Waals surface area contributed by atoms with Gasteiger partial charge in [-0.15, -0.1) is 0 Å². The van der Waals surface area contributed by atoms with Crippen molar-refractivity contribution in [2.45, 2.75) is 38.5 Å². The number of para-hydroxylation sites is 1. The van der Waals surface area contributed by atoms with E-state index < -0.39 is 0 Å². The lowest BCUT2D eigenvalue weighted by molar-refractivity contribution is -0.643. The van der Waals surface area contributed by atoms with E-state index in [1.165, 1.54) is 91.0 Å². The molecular weight excluding hydrogens is 412 g/mol. The molecule has 0 bridgehead atoms. The Morgan fingerprint density at radius 2 is 1.53 bits per heavy atom. The zero-order valence-electron chi connectivity index (χ0n) is 19.7. The predicted octanol–water partition coefficient (Wildman–Crippen LogP) is 7.93. The van der Waals surface area contributed by atoms with Gasteiger partial charge in [0.05, 0.1) is 27.3 Å². The molecule has 1 saturated carbocycles. The minimum atomic E-state index is 0.667. The molecule has 0 saturated heterocycles. The highest BCUT2D eigenvalue weighted by molar-refractivity contribution is 6.29. The van der Waals surface area contributed by atoms with Gasteiger partial charge in [-0.2, -0.15) is 0 Å². The Kier molecular flexibility index (Phi) is 3.57. The van der Waals surface area contributed by atoms with Gasteiger partial charge < -0.3 is 4.40 Å².